The monoisotopic (exact) mass is 486 g/mol. The number of hydrogen-bond donors (Lipinski definition) is 4. The van der Waals surface area contributed by atoms with Crippen molar-refractivity contribution in [2.75, 3.05) is 6.61 Å². The summed E-state index contributed by atoms with van der Waals surface area (Å²) >= 11 is 0. The summed E-state index contributed by atoms with van der Waals surface area (Å²) in [6.45, 7) is 5.96. The summed E-state index contributed by atoms with van der Waals surface area (Å²) in [5.41, 5.74) is -4.33. The van der Waals surface area contributed by atoms with Crippen molar-refractivity contribution in [2.24, 2.45) is 16.7 Å². The Labute approximate surface area is 185 Å². The zero-order valence-corrected chi connectivity index (χ0v) is 19.4. The van der Waals surface area contributed by atoms with Gasteiger partial charge in [-0.3, -0.25) is 4.55 Å². The van der Waals surface area contributed by atoms with Crippen LogP contribution in [0.15, 0.2) is 0 Å². The van der Waals surface area contributed by atoms with Gasteiger partial charge < -0.3 is 24.8 Å². The van der Waals surface area contributed by atoms with E-state index in [1.54, 1.807) is 27.7 Å². The minimum absolute atomic E-state index is 0.106. The first-order valence-corrected chi connectivity index (χ1v) is 11.9. The molecule has 0 amide bonds. The third kappa shape index (κ3) is 4.07. The number of halogens is 2. The highest BCUT2D eigenvalue weighted by atomic mass is 32.2. The number of carbonyl (C=O) groups excluding carboxylic acids is 1. The fourth-order valence-corrected chi connectivity index (χ4v) is 6.74. The molecule has 186 valence electrons. The molecule has 4 bridgehead atoms. The number of aliphatic hydroxyl groups is 3. The molecule has 0 saturated heterocycles. The topological polar surface area (TPSA) is 151 Å². The molecule has 4 rings (SSSR count). The van der Waals surface area contributed by atoms with E-state index >= 15 is 0 Å². The van der Waals surface area contributed by atoms with Crippen LogP contribution in [0.4, 0.5) is 8.78 Å². The maximum atomic E-state index is 13.4. The summed E-state index contributed by atoms with van der Waals surface area (Å²) in [7, 11) is -6.00. The van der Waals surface area contributed by atoms with Gasteiger partial charge in [-0.25, -0.2) is 4.79 Å². The third-order valence-corrected chi connectivity index (χ3v) is 8.87. The summed E-state index contributed by atoms with van der Waals surface area (Å²) in [6, 6.07) is 0. The van der Waals surface area contributed by atoms with E-state index in [9.17, 15) is 37.3 Å². The first-order chi connectivity index (χ1) is 14.2. The number of aliphatic hydroxyl groups excluding tert-OH is 1. The lowest BCUT2D eigenvalue weighted by Crippen LogP contribution is -2.70. The van der Waals surface area contributed by atoms with Crippen molar-refractivity contribution in [1.82, 2.24) is 0 Å². The van der Waals surface area contributed by atoms with Crippen molar-refractivity contribution in [3.63, 3.8) is 0 Å². The molecule has 32 heavy (non-hydrogen) atoms. The molecule has 12 heteroatoms. The van der Waals surface area contributed by atoms with E-state index in [-0.39, 0.29) is 5.92 Å². The Morgan fingerprint density at radius 1 is 1.03 bits per heavy atom. The van der Waals surface area contributed by atoms with Crippen molar-refractivity contribution in [3.05, 3.63) is 0 Å². The zero-order valence-electron chi connectivity index (χ0n) is 18.6. The number of hydrogen-bond acceptors (Lipinski definition) is 8. The molecule has 0 aromatic rings. The Bertz CT molecular complexity index is 844. The van der Waals surface area contributed by atoms with Gasteiger partial charge in [-0.2, -0.15) is 17.2 Å². The SMILES string of the molecule is CC(C)(O)C12CC3CC(OCC(=O)OC(O)C(F)(F)S(=O)(=O)O)(C1)CC(C(C)(C)O)(C3)C2. The lowest BCUT2D eigenvalue weighted by Gasteiger charge is -2.71. The number of ether oxygens (including phenoxy) is 2. The van der Waals surface area contributed by atoms with Gasteiger partial charge in [-0.15, -0.1) is 0 Å². The van der Waals surface area contributed by atoms with Crippen LogP contribution < -0.4 is 0 Å². The Morgan fingerprint density at radius 3 is 1.91 bits per heavy atom. The summed E-state index contributed by atoms with van der Waals surface area (Å²) < 4.78 is 66.8. The van der Waals surface area contributed by atoms with E-state index in [4.69, 9.17) is 9.29 Å². The average molecular weight is 487 g/mol. The van der Waals surface area contributed by atoms with E-state index in [1.807, 2.05) is 0 Å². The summed E-state index contributed by atoms with van der Waals surface area (Å²) in [4.78, 5) is 12.1. The normalized spacial score (nSPS) is 36.2. The number of rotatable bonds is 8. The van der Waals surface area contributed by atoms with Crippen LogP contribution in [0, 0.1) is 16.7 Å². The van der Waals surface area contributed by atoms with Gasteiger partial charge in [0.1, 0.15) is 6.61 Å². The van der Waals surface area contributed by atoms with Crippen molar-refractivity contribution in [2.45, 2.75) is 94.6 Å². The second kappa shape index (κ2) is 7.29. The van der Waals surface area contributed by atoms with Gasteiger partial charge in [-0.05, 0) is 72.1 Å². The number of carbonyl (C=O) groups is 1. The molecule has 4 aliphatic carbocycles. The van der Waals surface area contributed by atoms with Crippen LogP contribution in [-0.2, 0) is 24.4 Å². The summed E-state index contributed by atoms with van der Waals surface area (Å²) in [5, 5.41) is 26.2. The van der Waals surface area contributed by atoms with Crippen LogP contribution in [-0.4, -0.2) is 69.2 Å². The average Bonchev–Trinajstić information content (AvgIpc) is 2.56. The molecule has 3 unspecified atom stereocenters. The Hall–Kier alpha value is -0.920. The number of alkyl halides is 2. The fraction of sp³-hybridized carbons (Fsp3) is 0.950. The summed E-state index contributed by atoms with van der Waals surface area (Å²) in [5.74, 6) is -1.33. The first-order valence-electron chi connectivity index (χ1n) is 10.5. The van der Waals surface area contributed by atoms with E-state index in [1.165, 1.54) is 0 Å². The molecule has 0 aliphatic heterocycles. The molecule has 0 aromatic heterocycles. The molecule has 4 fully saturated rings. The molecule has 0 radical (unpaired) electrons. The van der Waals surface area contributed by atoms with Crippen LogP contribution in [0.25, 0.3) is 0 Å². The standard InChI is InChI=1S/C20H32F2O9S/c1-15(2,25)17-5-12-6-18(9-17,16(3,4)26)11-19(7-12,10-17)30-8-13(23)31-14(24)20(21,22)32(27,28)29/h12,14,24-26H,5-11H2,1-4H3,(H,27,28,29). The minimum atomic E-state index is -6.00. The van der Waals surface area contributed by atoms with Crippen molar-refractivity contribution < 1.29 is 51.3 Å². The largest absolute Gasteiger partial charge is 0.430 e. The van der Waals surface area contributed by atoms with Gasteiger partial charge in [0.2, 0.25) is 0 Å². The van der Waals surface area contributed by atoms with Crippen LogP contribution in [0.5, 0.6) is 0 Å². The zero-order chi connectivity index (χ0) is 24.6. The Balaban J connectivity index is 1.80. The van der Waals surface area contributed by atoms with Crippen molar-refractivity contribution in [1.29, 1.82) is 0 Å². The van der Waals surface area contributed by atoms with Crippen LogP contribution in [0.1, 0.15) is 66.2 Å². The van der Waals surface area contributed by atoms with Crippen molar-refractivity contribution in [3.8, 4) is 0 Å². The molecule has 0 heterocycles. The second-order valence-corrected chi connectivity index (χ2v) is 12.5. The molecule has 3 atom stereocenters. The maximum Gasteiger partial charge on any atom is 0.430 e. The molecular weight excluding hydrogens is 454 g/mol. The molecular formula is C20H32F2O9S. The predicted octanol–water partition coefficient (Wildman–Crippen LogP) is 1.60. The highest BCUT2D eigenvalue weighted by Gasteiger charge is 2.70. The lowest BCUT2D eigenvalue weighted by molar-refractivity contribution is -0.293. The maximum absolute atomic E-state index is 13.4. The highest BCUT2D eigenvalue weighted by molar-refractivity contribution is 7.86. The predicted molar refractivity (Wildman–Crippen MR) is 106 cm³/mol. The van der Waals surface area contributed by atoms with Gasteiger partial charge in [0.25, 0.3) is 6.29 Å². The van der Waals surface area contributed by atoms with Gasteiger partial charge >= 0.3 is 21.3 Å². The molecule has 4 saturated carbocycles. The second-order valence-electron chi connectivity index (χ2n) is 11.0. The lowest BCUT2D eigenvalue weighted by atomic mass is 9.37. The molecule has 9 nitrogen and oxygen atoms in total. The van der Waals surface area contributed by atoms with E-state index < -0.39 is 61.9 Å². The number of esters is 1. The van der Waals surface area contributed by atoms with Crippen LogP contribution in [0.2, 0.25) is 0 Å². The summed E-state index contributed by atoms with van der Waals surface area (Å²) in [6.07, 6.45) is -0.0796. The first kappa shape index (κ1) is 25.7. The van der Waals surface area contributed by atoms with Crippen molar-refractivity contribution >= 4 is 16.1 Å². The quantitative estimate of drug-likeness (QED) is 0.228. The molecule has 4 aliphatic rings. The fourth-order valence-electron chi connectivity index (χ4n) is 6.44. The Kier molecular flexibility index (Phi) is 5.85. The highest BCUT2D eigenvalue weighted by Crippen LogP contribution is 2.72. The van der Waals surface area contributed by atoms with Gasteiger partial charge in [0.15, 0.2) is 0 Å². The van der Waals surface area contributed by atoms with E-state index in [2.05, 4.69) is 4.74 Å². The van der Waals surface area contributed by atoms with E-state index in [0.29, 0.717) is 25.7 Å². The van der Waals surface area contributed by atoms with Gasteiger partial charge in [0.05, 0.1) is 16.8 Å². The molecule has 0 aromatic carbocycles. The smallest absolute Gasteiger partial charge is 0.426 e. The molecule has 4 N–H and O–H groups in total. The molecule has 0 spiro atoms. The van der Waals surface area contributed by atoms with Crippen LogP contribution in [0.3, 0.4) is 0 Å². The van der Waals surface area contributed by atoms with Crippen LogP contribution >= 0.6 is 0 Å². The minimum Gasteiger partial charge on any atom is -0.426 e. The Morgan fingerprint density at radius 2 is 1.50 bits per heavy atom. The van der Waals surface area contributed by atoms with Gasteiger partial charge in [-0.1, -0.05) is 0 Å². The third-order valence-electron chi connectivity index (χ3n) is 7.98. The van der Waals surface area contributed by atoms with Gasteiger partial charge in [0, 0.05) is 10.8 Å². The van der Waals surface area contributed by atoms with E-state index in [0.717, 1.165) is 12.8 Å².